The molecule has 0 radical (unpaired) electrons. The predicted octanol–water partition coefficient (Wildman–Crippen LogP) is 4.87. The Hall–Kier alpha value is -3.20. The van der Waals surface area contributed by atoms with Crippen molar-refractivity contribution in [2.75, 3.05) is 4.90 Å². The number of carbonyl (C=O) groups excluding carboxylic acids is 2. The van der Waals surface area contributed by atoms with Gasteiger partial charge in [-0.05, 0) is 59.4 Å². The highest BCUT2D eigenvalue weighted by Gasteiger charge is 2.66. The van der Waals surface area contributed by atoms with Crippen LogP contribution in [0.4, 0.5) is 5.69 Å². The molecule has 148 valence electrons. The zero-order chi connectivity index (χ0) is 20.8. The quantitative estimate of drug-likeness (QED) is 0.553. The zero-order valence-corrected chi connectivity index (χ0v) is 17.3. The number of hydrogen-bond acceptors (Lipinski definition) is 2. The molecule has 0 unspecified atom stereocenters. The molecule has 3 heteroatoms. The lowest BCUT2D eigenvalue weighted by molar-refractivity contribution is -0.123. The van der Waals surface area contributed by atoms with Crippen molar-refractivity contribution in [3.8, 4) is 0 Å². The molecule has 1 fully saturated rings. The van der Waals surface area contributed by atoms with Gasteiger partial charge in [0.05, 0.1) is 17.5 Å². The smallest absolute Gasteiger partial charge is 0.238 e. The first-order valence-electron chi connectivity index (χ1n) is 10.6. The number of amides is 2. The summed E-state index contributed by atoms with van der Waals surface area (Å²) in [4.78, 5) is 29.1. The van der Waals surface area contributed by atoms with E-state index in [1.807, 2.05) is 56.3 Å². The van der Waals surface area contributed by atoms with Crippen molar-refractivity contribution in [3.63, 3.8) is 0 Å². The van der Waals surface area contributed by atoms with Gasteiger partial charge in [0.15, 0.2) is 0 Å². The molecule has 0 aromatic heterocycles. The number of hydrogen-bond donors (Lipinski definition) is 0. The summed E-state index contributed by atoms with van der Waals surface area (Å²) in [6.07, 6.45) is 0. The molecular weight excluding hydrogens is 370 g/mol. The van der Waals surface area contributed by atoms with Crippen molar-refractivity contribution in [1.29, 1.82) is 0 Å². The van der Waals surface area contributed by atoms with Gasteiger partial charge in [0.1, 0.15) is 0 Å². The topological polar surface area (TPSA) is 37.4 Å². The molecule has 0 N–H and O–H groups in total. The molecule has 0 spiro atoms. The van der Waals surface area contributed by atoms with Crippen molar-refractivity contribution in [3.05, 3.63) is 100 Å². The van der Waals surface area contributed by atoms with Crippen LogP contribution in [0, 0.1) is 25.7 Å². The molecule has 2 amide bonds. The van der Waals surface area contributed by atoms with Gasteiger partial charge in [-0.3, -0.25) is 9.59 Å². The molecule has 3 nitrogen and oxygen atoms in total. The van der Waals surface area contributed by atoms with Gasteiger partial charge in [0.2, 0.25) is 11.8 Å². The second-order valence-corrected chi connectivity index (χ2v) is 9.14. The summed E-state index contributed by atoms with van der Waals surface area (Å²) in [5.41, 5.74) is 7.21. The molecule has 7 rings (SSSR count). The summed E-state index contributed by atoms with van der Waals surface area (Å²) in [6.45, 7) is 6.22. The van der Waals surface area contributed by atoms with Gasteiger partial charge >= 0.3 is 0 Å². The maximum absolute atomic E-state index is 13.9. The fourth-order valence-corrected chi connectivity index (χ4v) is 6.27. The molecule has 3 aromatic carbocycles. The Labute approximate surface area is 176 Å². The number of carbonyl (C=O) groups is 2. The number of anilines is 1. The van der Waals surface area contributed by atoms with Crippen LogP contribution in [0.3, 0.4) is 0 Å². The lowest BCUT2D eigenvalue weighted by Gasteiger charge is -2.52. The van der Waals surface area contributed by atoms with E-state index in [2.05, 4.69) is 31.2 Å². The van der Waals surface area contributed by atoms with E-state index in [1.54, 1.807) is 0 Å². The van der Waals surface area contributed by atoms with E-state index in [-0.39, 0.29) is 29.6 Å². The van der Waals surface area contributed by atoms with Gasteiger partial charge in [-0.2, -0.15) is 0 Å². The van der Waals surface area contributed by atoms with Crippen molar-refractivity contribution in [2.24, 2.45) is 11.8 Å². The monoisotopic (exact) mass is 393 g/mol. The first-order chi connectivity index (χ1) is 14.4. The van der Waals surface area contributed by atoms with Crippen molar-refractivity contribution >= 4 is 17.5 Å². The highest BCUT2D eigenvalue weighted by molar-refractivity contribution is 6.23. The standard InChI is InChI=1S/C27H23NO2/c1-15-12-13-17(14-16(15)2)28-25(29)23-22-18-8-4-6-10-20(18)27(3,24(23)26(28)30)21-11-7-5-9-19(21)22/h4-14,22-24H,1-3H3/t22?,23-,24+,27?/m0/s1. The lowest BCUT2D eigenvalue weighted by Crippen LogP contribution is -2.51. The molecular formula is C27H23NO2. The predicted molar refractivity (Wildman–Crippen MR) is 117 cm³/mol. The third-order valence-electron chi connectivity index (χ3n) is 7.79. The van der Waals surface area contributed by atoms with Crippen molar-refractivity contribution < 1.29 is 9.59 Å². The summed E-state index contributed by atoms with van der Waals surface area (Å²) >= 11 is 0. The van der Waals surface area contributed by atoms with Gasteiger partial charge < -0.3 is 0 Å². The molecule has 2 atom stereocenters. The van der Waals surface area contributed by atoms with E-state index < -0.39 is 5.41 Å². The van der Waals surface area contributed by atoms with Crippen LogP contribution in [0.1, 0.15) is 46.2 Å². The van der Waals surface area contributed by atoms with Crippen LogP contribution >= 0.6 is 0 Å². The summed E-state index contributed by atoms with van der Waals surface area (Å²) in [6, 6.07) is 22.6. The molecule has 4 aliphatic rings. The Morgan fingerprint density at radius 3 is 1.97 bits per heavy atom. The Balaban J connectivity index is 1.60. The van der Waals surface area contributed by atoms with Crippen LogP contribution in [0.15, 0.2) is 66.7 Å². The molecule has 2 bridgehead atoms. The van der Waals surface area contributed by atoms with Gasteiger partial charge in [-0.25, -0.2) is 4.90 Å². The van der Waals surface area contributed by atoms with E-state index in [0.29, 0.717) is 5.69 Å². The maximum atomic E-state index is 13.9. The first kappa shape index (κ1) is 17.6. The SMILES string of the molecule is Cc1ccc(N2C(=O)[C@H]3C4c5ccccc5C(C)(c5ccccc54)[C@H]3C2=O)cc1C. The summed E-state index contributed by atoms with van der Waals surface area (Å²) < 4.78 is 0. The number of nitrogens with zero attached hydrogens (tertiary/aromatic N) is 1. The van der Waals surface area contributed by atoms with Crippen molar-refractivity contribution in [2.45, 2.75) is 32.1 Å². The molecule has 3 aliphatic carbocycles. The second-order valence-electron chi connectivity index (χ2n) is 9.14. The molecule has 1 heterocycles. The van der Waals surface area contributed by atoms with Crippen LogP contribution in [-0.2, 0) is 15.0 Å². The van der Waals surface area contributed by atoms with E-state index in [0.717, 1.165) is 11.1 Å². The number of aryl methyl sites for hydroxylation is 2. The zero-order valence-electron chi connectivity index (χ0n) is 17.3. The summed E-state index contributed by atoms with van der Waals surface area (Å²) in [5, 5.41) is 0. The fourth-order valence-electron chi connectivity index (χ4n) is 6.27. The highest BCUT2D eigenvalue weighted by atomic mass is 16.2. The van der Waals surface area contributed by atoms with Crippen LogP contribution in [0.5, 0.6) is 0 Å². The molecule has 0 saturated carbocycles. The second kappa shape index (κ2) is 5.69. The van der Waals surface area contributed by atoms with Crippen LogP contribution in [0.25, 0.3) is 0 Å². The van der Waals surface area contributed by atoms with Crippen LogP contribution in [0.2, 0.25) is 0 Å². The minimum absolute atomic E-state index is 0.0616. The molecule has 3 aromatic rings. The van der Waals surface area contributed by atoms with E-state index in [4.69, 9.17) is 0 Å². The normalized spacial score (nSPS) is 28.4. The minimum Gasteiger partial charge on any atom is -0.274 e. The average molecular weight is 393 g/mol. The number of benzene rings is 3. The van der Waals surface area contributed by atoms with Crippen LogP contribution < -0.4 is 4.90 Å². The summed E-state index contributed by atoms with van der Waals surface area (Å²) in [7, 11) is 0. The molecule has 1 saturated heterocycles. The minimum atomic E-state index is -0.506. The Morgan fingerprint density at radius 1 is 0.767 bits per heavy atom. The largest absolute Gasteiger partial charge is 0.274 e. The molecule has 30 heavy (non-hydrogen) atoms. The van der Waals surface area contributed by atoms with Gasteiger partial charge in [-0.1, -0.05) is 61.5 Å². The number of rotatable bonds is 1. The Kier molecular flexibility index (Phi) is 3.35. The fraction of sp³-hybridized carbons (Fsp3) is 0.259. The third-order valence-corrected chi connectivity index (χ3v) is 7.79. The third kappa shape index (κ3) is 1.91. The average Bonchev–Trinajstić information content (AvgIpc) is 3.02. The van der Waals surface area contributed by atoms with E-state index in [1.165, 1.54) is 27.2 Å². The Morgan fingerprint density at radius 2 is 1.37 bits per heavy atom. The Bertz CT molecular complexity index is 1210. The van der Waals surface area contributed by atoms with Gasteiger partial charge in [-0.15, -0.1) is 0 Å². The lowest BCUT2D eigenvalue weighted by atomic mass is 9.48. The first-order valence-corrected chi connectivity index (χ1v) is 10.6. The van der Waals surface area contributed by atoms with Crippen LogP contribution in [-0.4, -0.2) is 11.8 Å². The van der Waals surface area contributed by atoms with E-state index in [9.17, 15) is 9.59 Å². The number of imide groups is 1. The molecule has 1 aliphatic heterocycles. The highest BCUT2D eigenvalue weighted by Crippen LogP contribution is 2.64. The summed E-state index contributed by atoms with van der Waals surface area (Å²) in [5.74, 6) is -0.925. The van der Waals surface area contributed by atoms with E-state index >= 15 is 0 Å². The van der Waals surface area contributed by atoms with Gasteiger partial charge in [0, 0.05) is 11.3 Å². The maximum Gasteiger partial charge on any atom is 0.238 e. The van der Waals surface area contributed by atoms with Gasteiger partial charge in [0.25, 0.3) is 0 Å². The van der Waals surface area contributed by atoms with Crippen molar-refractivity contribution in [1.82, 2.24) is 0 Å².